The van der Waals surface area contributed by atoms with E-state index in [-0.39, 0.29) is 6.54 Å². The predicted molar refractivity (Wildman–Crippen MR) is 87.0 cm³/mol. The molecule has 0 heterocycles. The van der Waals surface area contributed by atoms with Gasteiger partial charge < -0.3 is 9.84 Å². The van der Waals surface area contributed by atoms with Gasteiger partial charge in [-0.25, -0.2) is 13.2 Å². The molecule has 2 rings (SSSR count). The van der Waals surface area contributed by atoms with Gasteiger partial charge in [-0.05, 0) is 29.8 Å². The average molecular weight is 335 g/mol. The monoisotopic (exact) mass is 335 g/mol. The Morgan fingerprint density at radius 3 is 2.22 bits per heavy atom. The first-order valence-corrected chi connectivity index (χ1v) is 8.67. The van der Waals surface area contributed by atoms with Crippen molar-refractivity contribution >= 4 is 21.7 Å². The minimum Gasteiger partial charge on any atom is -0.482 e. The standard InChI is InChI=1S/C16H17NO5S/c1-23(20,21)17(11-13-5-3-2-4-6-13)14-7-9-15(10-8-14)22-12-16(18)19/h2-10H,11-12H2,1H3,(H,18,19). The van der Waals surface area contributed by atoms with Gasteiger partial charge in [0.2, 0.25) is 10.0 Å². The Kier molecular flexibility index (Phi) is 5.23. The van der Waals surface area contributed by atoms with E-state index in [4.69, 9.17) is 9.84 Å². The van der Waals surface area contributed by atoms with Gasteiger partial charge in [0.1, 0.15) is 5.75 Å². The van der Waals surface area contributed by atoms with E-state index in [0.29, 0.717) is 11.4 Å². The lowest BCUT2D eigenvalue weighted by atomic mass is 10.2. The quantitative estimate of drug-likeness (QED) is 0.838. The molecule has 1 N–H and O–H groups in total. The second-order valence-corrected chi connectivity index (χ2v) is 6.84. The van der Waals surface area contributed by atoms with Crippen molar-refractivity contribution in [1.82, 2.24) is 0 Å². The molecule has 7 heteroatoms. The molecule has 23 heavy (non-hydrogen) atoms. The van der Waals surface area contributed by atoms with Gasteiger partial charge in [0, 0.05) is 0 Å². The maximum Gasteiger partial charge on any atom is 0.341 e. The number of nitrogens with zero attached hydrogens (tertiary/aromatic N) is 1. The van der Waals surface area contributed by atoms with E-state index in [9.17, 15) is 13.2 Å². The minimum absolute atomic E-state index is 0.217. The van der Waals surface area contributed by atoms with Crippen molar-refractivity contribution in [2.24, 2.45) is 0 Å². The first-order chi connectivity index (χ1) is 10.9. The maximum atomic E-state index is 12.1. The lowest BCUT2D eigenvalue weighted by Gasteiger charge is -2.22. The molecule has 0 atom stereocenters. The highest BCUT2D eigenvalue weighted by molar-refractivity contribution is 7.92. The van der Waals surface area contributed by atoms with Crippen molar-refractivity contribution in [1.29, 1.82) is 0 Å². The van der Waals surface area contributed by atoms with E-state index in [0.717, 1.165) is 11.8 Å². The van der Waals surface area contributed by atoms with Crippen LogP contribution in [-0.2, 0) is 21.4 Å². The summed E-state index contributed by atoms with van der Waals surface area (Å²) >= 11 is 0. The van der Waals surface area contributed by atoms with E-state index < -0.39 is 22.6 Å². The summed E-state index contributed by atoms with van der Waals surface area (Å²) < 4.78 is 30.4. The Balaban J connectivity index is 2.21. The van der Waals surface area contributed by atoms with Gasteiger partial charge in [0.15, 0.2) is 6.61 Å². The summed E-state index contributed by atoms with van der Waals surface area (Å²) in [6, 6.07) is 15.5. The number of aliphatic carboxylic acids is 1. The third kappa shape index (κ3) is 5.00. The van der Waals surface area contributed by atoms with E-state index in [1.807, 2.05) is 30.3 Å². The number of sulfonamides is 1. The van der Waals surface area contributed by atoms with Crippen molar-refractivity contribution in [3.8, 4) is 5.75 Å². The molecule has 0 saturated carbocycles. The molecule has 0 radical (unpaired) electrons. The second-order valence-electron chi connectivity index (χ2n) is 4.93. The van der Waals surface area contributed by atoms with Crippen LogP contribution in [0.4, 0.5) is 5.69 Å². The predicted octanol–water partition coefficient (Wildman–Crippen LogP) is 2.12. The molecule has 0 amide bonds. The number of rotatable bonds is 7. The third-order valence-corrected chi connectivity index (χ3v) is 4.20. The van der Waals surface area contributed by atoms with Crippen molar-refractivity contribution in [2.45, 2.75) is 6.54 Å². The Bertz CT molecular complexity index is 757. The smallest absolute Gasteiger partial charge is 0.341 e. The summed E-state index contributed by atoms with van der Waals surface area (Å²) in [5, 5.41) is 8.58. The summed E-state index contributed by atoms with van der Waals surface area (Å²) in [6.07, 6.45) is 1.14. The van der Waals surface area contributed by atoms with Crippen LogP contribution in [0.5, 0.6) is 5.75 Å². The lowest BCUT2D eigenvalue weighted by molar-refractivity contribution is -0.139. The Hall–Kier alpha value is -2.54. The summed E-state index contributed by atoms with van der Waals surface area (Å²) in [5.74, 6) is -0.708. The molecule has 0 saturated heterocycles. The molecule has 0 aliphatic rings. The largest absolute Gasteiger partial charge is 0.482 e. The lowest BCUT2D eigenvalue weighted by Crippen LogP contribution is -2.29. The van der Waals surface area contributed by atoms with Crippen molar-refractivity contribution in [2.75, 3.05) is 17.2 Å². The second kappa shape index (κ2) is 7.15. The van der Waals surface area contributed by atoms with Gasteiger partial charge in [-0.1, -0.05) is 30.3 Å². The van der Waals surface area contributed by atoms with Gasteiger partial charge in [-0.15, -0.1) is 0 Å². The van der Waals surface area contributed by atoms with Gasteiger partial charge in [0.05, 0.1) is 18.5 Å². The summed E-state index contributed by atoms with van der Waals surface area (Å²) in [5.41, 5.74) is 1.35. The highest BCUT2D eigenvalue weighted by Gasteiger charge is 2.17. The Morgan fingerprint density at radius 2 is 1.70 bits per heavy atom. The fraction of sp³-hybridized carbons (Fsp3) is 0.188. The molecule has 0 unspecified atom stereocenters. The van der Waals surface area contributed by atoms with Gasteiger partial charge in [-0.2, -0.15) is 0 Å². The molecule has 0 bridgehead atoms. The third-order valence-electron chi connectivity index (χ3n) is 3.06. The van der Waals surface area contributed by atoms with Gasteiger partial charge in [0.25, 0.3) is 0 Å². The number of benzene rings is 2. The van der Waals surface area contributed by atoms with Crippen LogP contribution in [0, 0.1) is 0 Å². The number of carbonyl (C=O) groups is 1. The van der Waals surface area contributed by atoms with Crippen molar-refractivity contribution in [3.05, 3.63) is 60.2 Å². The number of anilines is 1. The molecular formula is C16H17NO5S. The number of carboxylic acid groups (broad SMARTS) is 1. The van der Waals surface area contributed by atoms with Gasteiger partial charge in [-0.3, -0.25) is 4.31 Å². The molecule has 0 spiro atoms. The average Bonchev–Trinajstić information content (AvgIpc) is 2.51. The zero-order chi connectivity index (χ0) is 16.9. The number of hydrogen-bond acceptors (Lipinski definition) is 4. The highest BCUT2D eigenvalue weighted by atomic mass is 32.2. The van der Waals surface area contributed by atoms with Crippen LogP contribution in [-0.4, -0.2) is 32.4 Å². The Labute approximate surface area is 135 Å². The topological polar surface area (TPSA) is 83.9 Å². The molecule has 122 valence electrons. The highest BCUT2D eigenvalue weighted by Crippen LogP contribution is 2.23. The summed E-state index contributed by atoms with van der Waals surface area (Å²) in [7, 11) is -3.46. The molecule has 2 aromatic rings. The van der Waals surface area contributed by atoms with Crippen LogP contribution in [0.2, 0.25) is 0 Å². The van der Waals surface area contributed by atoms with Crippen LogP contribution in [0.3, 0.4) is 0 Å². The molecule has 0 fully saturated rings. The van der Waals surface area contributed by atoms with Crippen LogP contribution < -0.4 is 9.04 Å². The molecule has 2 aromatic carbocycles. The van der Waals surface area contributed by atoms with Crippen LogP contribution >= 0.6 is 0 Å². The minimum atomic E-state index is -3.46. The maximum absolute atomic E-state index is 12.1. The van der Waals surface area contributed by atoms with Crippen LogP contribution in [0.15, 0.2) is 54.6 Å². The number of ether oxygens (including phenoxy) is 1. The van der Waals surface area contributed by atoms with Crippen molar-refractivity contribution < 1.29 is 23.1 Å². The molecule has 0 aliphatic heterocycles. The first kappa shape index (κ1) is 16.8. The van der Waals surface area contributed by atoms with E-state index in [1.165, 1.54) is 4.31 Å². The summed E-state index contributed by atoms with van der Waals surface area (Å²) in [6.45, 7) is -0.228. The zero-order valence-corrected chi connectivity index (χ0v) is 13.4. The number of hydrogen-bond donors (Lipinski definition) is 1. The van der Waals surface area contributed by atoms with E-state index >= 15 is 0 Å². The van der Waals surface area contributed by atoms with E-state index in [1.54, 1.807) is 24.3 Å². The fourth-order valence-electron chi connectivity index (χ4n) is 2.00. The fourth-order valence-corrected chi connectivity index (χ4v) is 2.89. The number of carboxylic acids is 1. The molecule has 0 aromatic heterocycles. The zero-order valence-electron chi connectivity index (χ0n) is 12.5. The molecule has 6 nitrogen and oxygen atoms in total. The van der Waals surface area contributed by atoms with E-state index in [2.05, 4.69) is 0 Å². The van der Waals surface area contributed by atoms with Crippen LogP contribution in [0.25, 0.3) is 0 Å². The Morgan fingerprint density at radius 1 is 1.09 bits per heavy atom. The van der Waals surface area contributed by atoms with Crippen molar-refractivity contribution in [3.63, 3.8) is 0 Å². The molecule has 0 aliphatic carbocycles. The first-order valence-electron chi connectivity index (χ1n) is 6.82. The van der Waals surface area contributed by atoms with Crippen LogP contribution in [0.1, 0.15) is 5.56 Å². The molecular weight excluding hydrogens is 318 g/mol. The normalized spacial score (nSPS) is 11.0. The summed E-state index contributed by atoms with van der Waals surface area (Å²) in [4.78, 5) is 10.5. The SMILES string of the molecule is CS(=O)(=O)N(Cc1ccccc1)c1ccc(OCC(=O)O)cc1. The van der Waals surface area contributed by atoms with Gasteiger partial charge >= 0.3 is 5.97 Å².